The van der Waals surface area contributed by atoms with Crippen molar-refractivity contribution >= 4 is 34.7 Å². The van der Waals surface area contributed by atoms with Crippen LogP contribution in [0.2, 0.25) is 0 Å². The third kappa shape index (κ3) is 5.33. The van der Waals surface area contributed by atoms with Crippen LogP contribution in [0.4, 0.5) is 28.7 Å². The molecule has 0 radical (unpaired) electrons. The number of nitrogens with zero attached hydrogens (tertiary/aromatic N) is 3. The van der Waals surface area contributed by atoms with Crippen LogP contribution in [0.1, 0.15) is 35.7 Å². The molecule has 0 amide bonds. The van der Waals surface area contributed by atoms with E-state index in [4.69, 9.17) is 4.74 Å². The number of aromatic nitrogens is 2. The molecular weight excluding hydrogens is 398 g/mol. The van der Waals surface area contributed by atoms with Gasteiger partial charge in [-0.3, -0.25) is 10.1 Å². The van der Waals surface area contributed by atoms with E-state index in [1.807, 2.05) is 24.3 Å². The van der Waals surface area contributed by atoms with Crippen LogP contribution in [0.25, 0.3) is 0 Å². The fraction of sp³-hybridized carbons (Fsp3) is 0.227. The van der Waals surface area contributed by atoms with Gasteiger partial charge in [0.15, 0.2) is 0 Å². The summed E-state index contributed by atoms with van der Waals surface area (Å²) in [5, 5.41) is 17.7. The topological polar surface area (TPSA) is 119 Å². The Morgan fingerprint density at radius 2 is 1.74 bits per heavy atom. The van der Waals surface area contributed by atoms with Crippen LogP contribution in [-0.2, 0) is 11.2 Å². The Kier molecular flexibility index (Phi) is 7.10. The highest BCUT2D eigenvalue weighted by Gasteiger charge is 2.24. The van der Waals surface area contributed by atoms with Crippen molar-refractivity contribution in [1.29, 1.82) is 0 Å². The first-order valence-corrected chi connectivity index (χ1v) is 9.83. The predicted octanol–water partition coefficient (Wildman–Crippen LogP) is 5.00. The summed E-state index contributed by atoms with van der Waals surface area (Å²) >= 11 is 0. The quantitative estimate of drug-likeness (QED) is 0.281. The molecule has 3 aromatic rings. The van der Waals surface area contributed by atoms with E-state index < -0.39 is 10.9 Å². The molecular formula is C22H23N5O4. The molecule has 0 fully saturated rings. The molecule has 9 heteroatoms. The first-order valence-electron chi connectivity index (χ1n) is 9.83. The molecule has 31 heavy (non-hydrogen) atoms. The van der Waals surface area contributed by atoms with Crippen molar-refractivity contribution in [1.82, 2.24) is 9.97 Å². The van der Waals surface area contributed by atoms with Crippen molar-refractivity contribution in [3.63, 3.8) is 0 Å². The van der Waals surface area contributed by atoms with Crippen LogP contribution in [0.15, 0.2) is 54.9 Å². The van der Waals surface area contributed by atoms with E-state index in [2.05, 4.69) is 27.5 Å². The molecule has 9 nitrogen and oxygen atoms in total. The third-order valence-corrected chi connectivity index (χ3v) is 4.63. The highest BCUT2D eigenvalue weighted by molar-refractivity contribution is 5.96. The summed E-state index contributed by atoms with van der Waals surface area (Å²) in [5.41, 5.74) is 2.10. The summed E-state index contributed by atoms with van der Waals surface area (Å²) in [7, 11) is 1.27. The van der Waals surface area contributed by atoms with Gasteiger partial charge in [-0.1, -0.05) is 37.6 Å². The summed E-state index contributed by atoms with van der Waals surface area (Å²) in [6.07, 6.45) is 4.42. The number of nitro groups is 1. The van der Waals surface area contributed by atoms with Crippen molar-refractivity contribution in [3.8, 4) is 0 Å². The van der Waals surface area contributed by atoms with Gasteiger partial charge in [-0.15, -0.1) is 0 Å². The highest BCUT2D eigenvalue weighted by atomic mass is 16.6. The summed E-state index contributed by atoms with van der Waals surface area (Å²) in [4.78, 5) is 31.3. The molecule has 0 atom stereocenters. The highest BCUT2D eigenvalue weighted by Crippen LogP contribution is 2.33. The van der Waals surface area contributed by atoms with E-state index in [-0.39, 0.29) is 22.9 Å². The zero-order valence-electron chi connectivity index (χ0n) is 17.3. The van der Waals surface area contributed by atoms with Gasteiger partial charge >= 0.3 is 11.7 Å². The lowest BCUT2D eigenvalue weighted by molar-refractivity contribution is -0.383. The SMILES string of the molecule is CCCCc1ccc(Nc2ncnc(Nc3ccccc3C(=O)OC)c2[N+](=O)[O-])cc1. The second kappa shape index (κ2) is 10.1. The molecule has 0 aliphatic heterocycles. The van der Waals surface area contributed by atoms with Gasteiger partial charge < -0.3 is 15.4 Å². The van der Waals surface area contributed by atoms with Gasteiger partial charge in [-0.05, 0) is 42.7 Å². The molecule has 2 aromatic carbocycles. The number of methoxy groups -OCH3 is 1. The van der Waals surface area contributed by atoms with Gasteiger partial charge in [0.25, 0.3) is 0 Å². The molecule has 0 saturated heterocycles. The fourth-order valence-corrected chi connectivity index (χ4v) is 3.01. The molecule has 0 bridgehead atoms. The van der Waals surface area contributed by atoms with E-state index in [1.54, 1.807) is 24.3 Å². The molecule has 0 unspecified atom stereocenters. The van der Waals surface area contributed by atoms with Gasteiger partial charge in [-0.2, -0.15) is 0 Å². The largest absolute Gasteiger partial charge is 0.465 e. The maximum Gasteiger partial charge on any atom is 0.353 e. The maximum absolute atomic E-state index is 12.0. The lowest BCUT2D eigenvalue weighted by atomic mass is 10.1. The summed E-state index contributed by atoms with van der Waals surface area (Å²) in [5.74, 6) is -0.570. The van der Waals surface area contributed by atoms with Crippen LogP contribution in [-0.4, -0.2) is 28.0 Å². The molecule has 1 aromatic heterocycles. The normalized spacial score (nSPS) is 10.4. The number of carbonyl (C=O) groups excluding carboxylic acids is 1. The Labute approximate surface area is 179 Å². The first-order chi connectivity index (χ1) is 15.0. The third-order valence-electron chi connectivity index (χ3n) is 4.63. The summed E-state index contributed by atoms with van der Waals surface area (Å²) in [6, 6.07) is 14.2. The first kappa shape index (κ1) is 21.7. The van der Waals surface area contributed by atoms with E-state index in [9.17, 15) is 14.9 Å². The van der Waals surface area contributed by atoms with Crippen molar-refractivity contribution in [2.24, 2.45) is 0 Å². The monoisotopic (exact) mass is 421 g/mol. The van der Waals surface area contributed by atoms with Crippen molar-refractivity contribution < 1.29 is 14.5 Å². The molecule has 0 aliphatic rings. The van der Waals surface area contributed by atoms with Crippen LogP contribution >= 0.6 is 0 Å². The number of ether oxygens (including phenoxy) is 1. The minimum absolute atomic E-state index is 0.0411. The van der Waals surface area contributed by atoms with Gasteiger partial charge in [0.1, 0.15) is 6.33 Å². The number of benzene rings is 2. The lowest BCUT2D eigenvalue weighted by Crippen LogP contribution is -2.09. The second-order valence-corrected chi connectivity index (χ2v) is 6.76. The minimum atomic E-state index is -0.568. The van der Waals surface area contributed by atoms with Crippen LogP contribution in [0.5, 0.6) is 0 Å². The van der Waals surface area contributed by atoms with Gasteiger partial charge in [0.05, 0.1) is 23.3 Å². The van der Waals surface area contributed by atoms with Crippen LogP contribution in [0.3, 0.4) is 0 Å². The predicted molar refractivity (Wildman–Crippen MR) is 118 cm³/mol. The van der Waals surface area contributed by atoms with E-state index >= 15 is 0 Å². The van der Waals surface area contributed by atoms with E-state index in [0.717, 1.165) is 19.3 Å². The fourth-order valence-electron chi connectivity index (χ4n) is 3.01. The maximum atomic E-state index is 12.0. The Morgan fingerprint density at radius 3 is 2.39 bits per heavy atom. The molecule has 3 rings (SSSR count). The number of hydrogen-bond donors (Lipinski definition) is 2. The second-order valence-electron chi connectivity index (χ2n) is 6.76. The van der Waals surface area contributed by atoms with Crippen LogP contribution < -0.4 is 10.6 Å². The number of nitrogens with one attached hydrogen (secondary N) is 2. The molecule has 0 saturated carbocycles. The van der Waals surface area contributed by atoms with Crippen molar-refractivity contribution in [3.05, 3.63) is 76.1 Å². The molecule has 2 N–H and O–H groups in total. The number of unbranched alkanes of at least 4 members (excludes halogenated alkanes) is 1. The van der Waals surface area contributed by atoms with Gasteiger partial charge in [0, 0.05) is 5.69 Å². The zero-order chi connectivity index (χ0) is 22.2. The standard InChI is InChI=1S/C22H23N5O4/c1-3-4-7-15-10-12-16(13-11-15)25-20-19(27(29)30)21(24-14-23-20)26-18-9-6-5-8-17(18)22(28)31-2/h5-6,8-14H,3-4,7H2,1-2H3,(H2,23,24,25,26). The van der Waals surface area contributed by atoms with E-state index in [1.165, 1.54) is 19.0 Å². The Hall–Kier alpha value is -4.01. The minimum Gasteiger partial charge on any atom is -0.465 e. The lowest BCUT2D eigenvalue weighted by Gasteiger charge is -2.12. The Bertz CT molecular complexity index is 1070. The van der Waals surface area contributed by atoms with Gasteiger partial charge in [-0.25, -0.2) is 14.8 Å². The number of aryl methyl sites for hydroxylation is 1. The number of esters is 1. The molecule has 1 heterocycles. The number of para-hydroxylation sites is 1. The smallest absolute Gasteiger partial charge is 0.353 e. The Morgan fingerprint density at radius 1 is 1.06 bits per heavy atom. The molecule has 0 spiro atoms. The summed E-state index contributed by atoms with van der Waals surface area (Å²) in [6.45, 7) is 2.14. The zero-order valence-corrected chi connectivity index (χ0v) is 17.3. The number of hydrogen-bond acceptors (Lipinski definition) is 8. The molecule has 160 valence electrons. The van der Waals surface area contributed by atoms with Crippen molar-refractivity contribution in [2.45, 2.75) is 26.2 Å². The average molecular weight is 421 g/mol. The van der Waals surface area contributed by atoms with Crippen molar-refractivity contribution in [2.75, 3.05) is 17.7 Å². The summed E-state index contributed by atoms with van der Waals surface area (Å²) < 4.78 is 4.77. The van der Waals surface area contributed by atoms with E-state index in [0.29, 0.717) is 11.4 Å². The number of carbonyl (C=O) groups is 1. The van der Waals surface area contributed by atoms with Gasteiger partial charge in [0.2, 0.25) is 11.6 Å². The number of anilines is 4. The average Bonchev–Trinajstić information content (AvgIpc) is 2.78. The van der Waals surface area contributed by atoms with Crippen LogP contribution in [0, 0.1) is 10.1 Å². The number of rotatable bonds is 9. The Balaban J connectivity index is 1.90. The molecule has 0 aliphatic carbocycles.